The number of aliphatic hydroxyl groups is 1. The summed E-state index contributed by atoms with van der Waals surface area (Å²) < 4.78 is 27.8. The van der Waals surface area contributed by atoms with Crippen LogP contribution in [0.2, 0.25) is 0 Å². The number of hydrogen-bond acceptors (Lipinski definition) is 2. The molecular formula is C13H18BrF2NO. The molecule has 1 rings (SSSR count). The fourth-order valence-corrected chi connectivity index (χ4v) is 2.08. The van der Waals surface area contributed by atoms with Gasteiger partial charge in [0.05, 0.1) is 4.47 Å². The molecule has 0 atom stereocenters. The molecule has 0 fully saturated rings. The van der Waals surface area contributed by atoms with E-state index in [1.165, 1.54) is 12.1 Å². The molecule has 0 aliphatic carbocycles. The summed E-state index contributed by atoms with van der Waals surface area (Å²) in [4.78, 5) is 1.93. The molecule has 1 aromatic rings. The molecule has 0 saturated heterocycles. The highest BCUT2D eigenvalue weighted by Crippen LogP contribution is 2.23. The number of nitrogens with zero attached hydrogens (tertiary/aromatic N) is 1. The van der Waals surface area contributed by atoms with E-state index in [2.05, 4.69) is 15.9 Å². The van der Waals surface area contributed by atoms with Crippen LogP contribution in [0, 0.1) is 11.6 Å². The van der Waals surface area contributed by atoms with Crippen LogP contribution in [0.3, 0.4) is 0 Å². The summed E-state index contributed by atoms with van der Waals surface area (Å²) in [6, 6.07) is 2.78. The minimum Gasteiger partial charge on any atom is -0.396 e. The van der Waals surface area contributed by atoms with Crippen LogP contribution in [-0.4, -0.2) is 29.2 Å². The highest BCUT2D eigenvalue weighted by Gasteiger charge is 2.17. The predicted octanol–water partition coefficient (Wildman–Crippen LogP) is 3.32. The Kier molecular flexibility index (Phi) is 6.18. The highest BCUT2D eigenvalue weighted by atomic mass is 79.9. The second-order valence-electron chi connectivity index (χ2n) is 4.46. The van der Waals surface area contributed by atoms with Crippen LogP contribution in [0.4, 0.5) is 8.78 Å². The first-order valence-corrected chi connectivity index (χ1v) is 6.74. The van der Waals surface area contributed by atoms with Gasteiger partial charge in [-0.1, -0.05) is 0 Å². The molecule has 18 heavy (non-hydrogen) atoms. The van der Waals surface area contributed by atoms with Gasteiger partial charge in [-0.15, -0.1) is 0 Å². The van der Waals surface area contributed by atoms with Crippen LogP contribution in [0.15, 0.2) is 16.6 Å². The third-order valence-corrected chi connectivity index (χ3v) is 3.45. The van der Waals surface area contributed by atoms with Gasteiger partial charge in [0.15, 0.2) is 0 Å². The molecule has 0 aromatic heterocycles. The van der Waals surface area contributed by atoms with Gasteiger partial charge in [0.1, 0.15) is 11.6 Å². The Bertz CT molecular complexity index is 399. The fourth-order valence-electron chi connectivity index (χ4n) is 1.71. The van der Waals surface area contributed by atoms with Crippen molar-refractivity contribution in [1.29, 1.82) is 0 Å². The van der Waals surface area contributed by atoms with E-state index in [1.807, 2.05) is 18.7 Å². The van der Waals surface area contributed by atoms with Crippen LogP contribution in [0.25, 0.3) is 0 Å². The van der Waals surface area contributed by atoms with Crippen LogP contribution in [0.5, 0.6) is 0 Å². The molecule has 0 bridgehead atoms. The Hall–Kier alpha value is -0.520. The molecule has 1 N–H and O–H groups in total. The number of halogens is 3. The quantitative estimate of drug-likeness (QED) is 0.812. The second kappa shape index (κ2) is 7.16. The van der Waals surface area contributed by atoms with E-state index in [0.29, 0.717) is 13.0 Å². The molecule has 0 spiro atoms. The highest BCUT2D eigenvalue weighted by molar-refractivity contribution is 9.10. The zero-order valence-electron chi connectivity index (χ0n) is 10.6. The van der Waals surface area contributed by atoms with Crippen LogP contribution in [-0.2, 0) is 6.54 Å². The van der Waals surface area contributed by atoms with Gasteiger partial charge in [-0.3, -0.25) is 4.90 Å². The van der Waals surface area contributed by atoms with Gasteiger partial charge in [-0.25, -0.2) is 8.78 Å². The SMILES string of the molecule is CC(C)N(CCCO)Cc1c(F)ccc(Br)c1F. The number of hydrogen-bond donors (Lipinski definition) is 1. The van der Waals surface area contributed by atoms with Gasteiger partial charge in [-0.05, 0) is 48.3 Å². The van der Waals surface area contributed by atoms with Crippen LogP contribution < -0.4 is 0 Å². The van der Waals surface area contributed by atoms with Crippen molar-refractivity contribution < 1.29 is 13.9 Å². The topological polar surface area (TPSA) is 23.5 Å². The first-order valence-electron chi connectivity index (χ1n) is 5.94. The number of benzene rings is 1. The normalized spacial score (nSPS) is 11.6. The van der Waals surface area contributed by atoms with Gasteiger partial charge >= 0.3 is 0 Å². The van der Waals surface area contributed by atoms with Gasteiger partial charge in [0.2, 0.25) is 0 Å². The Morgan fingerprint density at radius 1 is 1.33 bits per heavy atom. The predicted molar refractivity (Wildman–Crippen MR) is 71.3 cm³/mol. The van der Waals surface area contributed by atoms with Crippen molar-refractivity contribution in [2.24, 2.45) is 0 Å². The molecule has 0 saturated carbocycles. The molecule has 2 nitrogen and oxygen atoms in total. The molecule has 5 heteroatoms. The van der Waals surface area contributed by atoms with Gasteiger partial charge < -0.3 is 5.11 Å². The molecule has 0 aliphatic rings. The maximum atomic E-state index is 13.8. The smallest absolute Gasteiger partial charge is 0.144 e. The Morgan fingerprint density at radius 2 is 2.00 bits per heavy atom. The summed E-state index contributed by atoms with van der Waals surface area (Å²) in [5, 5.41) is 8.83. The Labute approximate surface area is 115 Å². The summed E-state index contributed by atoms with van der Waals surface area (Å²) >= 11 is 3.06. The molecule has 0 heterocycles. The molecule has 1 aromatic carbocycles. The van der Waals surface area contributed by atoms with E-state index in [-0.39, 0.29) is 29.2 Å². The minimum atomic E-state index is -0.551. The van der Waals surface area contributed by atoms with E-state index >= 15 is 0 Å². The summed E-state index contributed by atoms with van der Waals surface area (Å²) in [6.45, 7) is 4.82. The largest absolute Gasteiger partial charge is 0.396 e. The van der Waals surface area contributed by atoms with E-state index < -0.39 is 11.6 Å². The first-order chi connectivity index (χ1) is 8.47. The zero-order chi connectivity index (χ0) is 13.7. The van der Waals surface area contributed by atoms with Crippen molar-refractivity contribution in [3.63, 3.8) is 0 Å². The first kappa shape index (κ1) is 15.5. The maximum absolute atomic E-state index is 13.8. The summed E-state index contributed by atoms with van der Waals surface area (Å²) in [5.41, 5.74) is 0.0658. The maximum Gasteiger partial charge on any atom is 0.144 e. The summed E-state index contributed by atoms with van der Waals surface area (Å²) in [5.74, 6) is -1.09. The van der Waals surface area contributed by atoms with E-state index in [0.717, 1.165) is 0 Å². The number of rotatable bonds is 6. The van der Waals surface area contributed by atoms with Gasteiger partial charge in [0, 0.05) is 31.3 Å². The second-order valence-corrected chi connectivity index (χ2v) is 5.32. The minimum absolute atomic E-state index is 0.0658. The van der Waals surface area contributed by atoms with E-state index in [9.17, 15) is 8.78 Å². The van der Waals surface area contributed by atoms with Crippen molar-refractivity contribution in [2.75, 3.05) is 13.2 Å². The third kappa shape index (κ3) is 4.00. The molecule has 0 aliphatic heterocycles. The average molecular weight is 322 g/mol. The van der Waals surface area contributed by atoms with Crippen molar-refractivity contribution in [2.45, 2.75) is 32.9 Å². The lowest BCUT2D eigenvalue weighted by Gasteiger charge is -2.26. The Morgan fingerprint density at radius 3 is 2.56 bits per heavy atom. The summed E-state index contributed by atoms with van der Waals surface area (Å²) in [7, 11) is 0. The van der Waals surface area contributed by atoms with Crippen molar-refractivity contribution in [1.82, 2.24) is 4.90 Å². The fraction of sp³-hybridized carbons (Fsp3) is 0.538. The van der Waals surface area contributed by atoms with Crippen molar-refractivity contribution in [3.05, 3.63) is 33.8 Å². The standard InChI is InChI=1S/C13H18BrF2NO/c1-9(2)17(6-3-7-18)8-10-12(15)5-4-11(14)13(10)16/h4-5,9,18H,3,6-8H2,1-2H3. The number of aliphatic hydroxyl groups excluding tert-OH is 1. The van der Waals surface area contributed by atoms with Crippen LogP contribution >= 0.6 is 15.9 Å². The van der Waals surface area contributed by atoms with Gasteiger partial charge in [-0.2, -0.15) is 0 Å². The molecule has 0 radical (unpaired) electrons. The average Bonchev–Trinajstić information content (AvgIpc) is 2.33. The lowest BCUT2D eigenvalue weighted by atomic mass is 10.1. The monoisotopic (exact) mass is 321 g/mol. The zero-order valence-corrected chi connectivity index (χ0v) is 12.2. The van der Waals surface area contributed by atoms with Crippen LogP contribution in [0.1, 0.15) is 25.8 Å². The van der Waals surface area contributed by atoms with Gasteiger partial charge in [0.25, 0.3) is 0 Å². The molecular weight excluding hydrogens is 304 g/mol. The molecule has 102 valence electrons. The lowest BCUT2D eigenvalue weighted by Crippen LogP contribution is -2.32. The van der Waals surface area contributed by atoms with E-state index in [1.54, 1.807) is 0 Å². The molecule has 0 amide bonds. The van der Waals surface area contributed by atoms with Crippen molar-refractivity contribution in [3.8, 4) is 0 Å². The third-order valence-electron chi connectivity index (χ3n) is 2.83. The summed E-state index contributed by atoms with van der Waals surface area (Å²) in [6.07, 6.45) is 0.593. The van der Waals surface area contributed by atoms with E-state index in [4.69, 9.17) is 5.11 Å². The molecule has 0 unspecified atom stereocenters. The lowest BCUT2D eigenvalue weighted by molar-refractivity contribution is 0.181. The Balaban J connectivity index is 2.89. The van der Waals surface area contributed by atoms with Crippen molar-refractivity contribution >= 4 is 15.9 Å².